The predicted molar refractivity (Wildman–Crippen MR) is 160 cm³/mol. The largest absolute Gasteiger partial charge is 0.445 e. The van der Waals surface area contributed by atoms with E-state index in [4.69, 9.17) is 10.5 Å². The summed E-state index contributed by atoms with van der Waals surface area (Å²) in [4.78, 5) is 28.5. The van der Waals surface area contributed by atoms with Gasteiger partial charge in [-0.3, -0.25) is 9.69 Å². The van der Waals surface area contributed by atoms with Crippen LogP contribution in [0.5, 0.6) is 0 Å². The highest BCUT2D eigenvalue weighted by Gasteiger charge is 2.41. The maximum absolute atomic E-state index is 12.8. The Morgan fingerprint density at radius 3 is 2.40 bits per heavy atom. The number of hydrogen-bond donors (Lipinski definition) is 3. The quantitative estimate of drug-likeness (QED) is 0.304. The summed E-state index contributed by atoms with van der Waals surface area (Å²) >= 11 is 1.60. The smallest absolute Gasteiger partial charge is 0.407 e. The van der Waals surface area contributed by atoms with Crippen molar-refractivity contribution in [2.24, 2.45) is 23.0 Å². The van der Waals surface area contributed by atoms with Crippen LogP contribution >= 0.6 is 11.8 Å². The zero-order valence-electron chi connectivity index (χ0n) is 23.8. The van der Waals surface area contributed by atoms with E-state index >= 15 is 0 Å². The Bertz CT molecular complexity index is 1080. The van der Waals surface area contributed by atoms with E-state index in [1.807, 2.05) is 74.5 Å². The Kier molecular flexibility index (Phi) is 10.9. The summed E-state index contributed by atoms with van der Waals surface area (Å²) in [5, 5.41) is 14.5. The van der Waals surface area contributed by atoms with Crippen LogP contribution in [0, 0.1) is 17.3 Å². The molecule has 1 saturated heterocycles. The number of ether oxygens (including phenoxy) is 1. The number of benzene rings is 2. The van der Waals surface area contributed by atoms with Crippen LogP contribution in [0.2, 0.25) is 0 Å². The van der Waals surface area contributed by atoms with E-state index in [1.54, 1.807) is 11.8 Å². The molecular weight excluding hydrogens is 522 g/mol. The third-order valence-electron chi connectivity index (χ3n) is 8.61. The molecule has 0 aromatic heterocycles. The second-order valence-electron chi connectivity index (χ2n) is 12.1. The second kappa shape index (κ2) is 14.4. The number of carbonyl (C=O) groups is 2. The molecule has 1 saturated carbocycles. The van der Waals surface area contributed by atoms with Gasteiger partial charge in [0.25, 0.3) is 0 Å². The molecule has 1 heterocycles. The van der Waals surface area contributed by atoms with Gasteiger partial charge in [-0.05, 0) is 48.8 Å². The number of fused-ring (bicyclic) bond motifs is 1. The summed E-state index contributed by atoms with van der Waals surface area (Å²) in [7, 11) is 0. The number of β-amino-alcohol motifs (C(OH)–C–C–N with tert-alkyl or cyclic N) is 1. The number of piperidine rings is 1. The average Bonchev–Trinajstić information content (AvgIpc) is 2.95. The molecule has 5 atom stereocenters. The van der Waals surface area contributed by atoms with Crippen molar-refractivity contribution in [2.75, 3.05) is 18.8 Å². The lowest BCUT2D eigenvalue weighted by molar-refractivity contribution is -0.127. The van der Waals surface area contributed by atoms with Crippen LogP contribution in [0.4, 0.5) is 4.79 Å². The number of aliphatic hydroxyl groups excluding tert-OH is 1. The third-order valence-corrected chi connectivity index (χ3v) is 9.75. The lowest BCUT2D eigenvalue weighted by Crippen LogP contribution is -2.56. The molecule has 2 aromatic rings. The molecule has 0 spiro atoms. The van der Waals surface area contributed by atoms with Crippen molar-refractivity contribution in [1.29, 1.82) is 0 Å². The van der Waals surface area contributed by atoms with Gasteiger partial charge in [0.05, 0.1) is 12.1 Å². The molecule has 0 radical (unpaired) electrons. The molecule has 0 unspecified atom stereocenters. The maximum atomic E-state index is 12.8. The topological polar surface area (TPSA) is 105 Å². The zero-order chi connectivity index (χ0) is 28.5. The fraction of sp³-hybridized carbons (Fsp3) is 0.562. The lowest BCUT2D eigenvalue weighted by Gasteiger charge is -2.48. The van der Waals surface area contributed by atoms with Crippen LogP contribution in [0.1, 0.15) is 57.9 Å². The summed E-state index contributed by atoms with van der Waals surface area (Å²) in [6, 6.07) is 19.2. The Morgan fingerprint density at radius 2 is 1.73 bits per heavy atom. The second-order valence-corrected chi connectivity index (χ2v) is 13.2. The molecule has 40 heavy (non-hydrogen) atoms. The van der Waals surface area contributed by atoms with Crippen molar-refractivity contribution in [3.63, 3.8) is 0 Å². The molecule has 1 aliphatic heterocycles. The normalized spacial score (nSPS) is 23.0. The number of hydrogen-bond acceptors (Lipinski definition) is 6. The summed E-state index contributed by atoms with van der Waals surface area (Å²) in [5.41, 5.74) is 6.04. The standard InChI is InChI=1S/C32H45N3O4S/c1-32(2,30(33)37)18-26-17-24-13-9-10-14-25(24)19-35(26)20-29(36)28(22-40-27-15-7-4-8-16-27)34-31(38)39-21-23-11-5-3-6-12-23/h3-8,11-12,15-16,24-26,28-29,36H,9-10,13-14,17-22H2,1-2H3,(H2,33,37)(H,34,38)/t24-,25+,26+,28-,29+/m1/s1. The summed E-state index contributed by atoms with van der Waals surface area (Å²) < 4.78 is 5.50. The number of nitrogens with two attached hydrogens (primary N) is 1. The molecule has 4 rings (SSSR count). The number of aliphatic hydroxyl groups is 1. The van der Waals surface area contributed by atoms with Crippen molar-refractivity contribution in [3.05, 3.63) is 66.2 Å². The maximum Gasteiger partial charge on any atom is 0.407 e. The van der Waals surface area contributed by atoms with Crippen molar-refractivity contribution < 1.29 is 19.4 Å². The molecule has 2 aliphatic rings. The van der Waals surface area contributed by atoms with Gasteiger partial charge in [-0.25, -0.2) is 4.79 Å². The van der Waals surface area contributed by atoms with Crippen LogP contribution < -0.4 is 11.1 Å². The molecule has 0 bridgehead atoms. The van der Waals surface area contributed by atoms with E-state index in [9.17, 15) is 14.7 Å². The van der Waals surface area contributed by atoms with Gasteiger partial charge in [0.1, 0.15) is 6.61 Å². The number of thioether (sulfide) groups is 1. The minimum Gasteiger partial charge on any atom is -0.445 e. The molecule has 2 amide bonds. The number of nitrogens with one attached hydrogen (secondary N) is 1. The van der Waals surface area contributed by atoms with Gasteiger partial charge >= 0.3 is 6.09 Å². The van der Waals surface area contributed by atoms with Gasteiger partial charge in [0, 0.05) is 35.2 Å². The van der Waals surface area contributed by atoms with Gasteiger partial charge in [0.2, 0.25) is 5.91 Å². The number of carbonyl (C=O) groups excluding carboxylic acids is 2. The summed E-state index contributed by atoms with van der Waals surface area (Å²) in [6.45, 7) is 5.32. The predicted octanol–water partition coefficient (Wildman–Crippen LogP) is 5.22. The molecule has 2 fully saturated rings. The van der Waals surface area contributed by atoms with Gasteiger partial charge in [-0.2, -0.15) is 0 Å². The van der Waals surface area contributed by atoms with Crippen molar-refractivity contribution >= 4 is 23.8 Å². The Balaban J connectivity index is 1.45. The van der Waals surface area contributed by atoms with Gasteiger partial charge in [-0.1, -0.05) is 81.6 Å². The van der Waals surface area contributed by atoms with Gasteiger partial charge < -0.3 is 20.9 Å². The fourth-order valence-corrected chi connectivity index (χ4v) is 7.17. The van der Waals surface area contributed by atoms with E-state index in [0.29, 0.717) is 30.6 Å². The zero-order valence-corrected chi connectivity index (χ0v) is 24.7. The van der Waals surface area contributed by atoms with Crippen LogP contribution in [0.25, 0.3) is 0 Å². The molecule has 4 N–H and O–H groups in total. The summed E-state index contributed by atoms with van der Waals surface area (Å²) in [6.07, 6.45) is 5.29. The van der Waals surface area contributed by atoms with Crippen LogP contribution in [-0.4, -0.2) is 59.0 Å². The molecule has 2 aromatic carbocycles. The molecule has 218 valence electrons. The van der Waals surface area contributed by atoms with Crippen molar-refractivity contribution in [2.45, 2.75) is 82.1 Å². The van der Waals surface area contributed by atoms with Gasteiger partial charge in [-0.15, -0.1) is 11.8 Å². The monoisotopic (exact) mass is 567 g/mol. The van der Waals surface area contributed by atoms with E-state index in [2.05, 4.69) is 10.2 Å². The Morgan fingerprint density at radius 1 is 1.07 bits per heavy atom. The minimum absolute atomic E-state index is 0.156. The molecule has 8 heteroatoms. The number of amides is 2. The number of nitrogens with zero attached hydrogens (tertiary/aromatic N) is 1. The first kappa shape index (κ1) is 30.4. The fourth-order valence-electron chi connectivity index (χ4n) is 6.14. The number of primary amides is 1. The van der Waals surface area contributed by atoms with E-state index < -0.39 is 23.7 Å². The first-order chi connectivity index (χ1) is 19.2. The lowest BCUT2D eigenvalue weighted by atomic mass is 9.70. The number of likely N-dealkylation sites (tertiary alicyclic amines) is 1. The number of rotatable bonds is 12. The first-order valence-corrected chi connectivity index (χ1v) is 15.6. The van der Waals surface area contributed by atoms with E-state index in [-0.39, 0.29) is 18.6 Å². The van der Waals surface area contributed by atoms with E-state index in [0.717, 1.165) is 23.4 Å². The van der Waals surface area contributed by atoms with Crippen LogP contribution in [0.15, 0.2) is 65.6 Å². The molecular formula is C32H45N3O4S. The Labute approximate surface area is 243 Å². The SMILES string of the molecule is CC(C)(C[C@@H]1C[C@H]2CCCC[C@H]2CN1C[C@H](O)[C@@H](CSc1ccccc1)NC(=O)OCc1ccccc1)C(N)=O. The summed E-state index contributed by atoms with van der Waals surface area (Å²) in [5.74, 6) is 1.48. The van der Waals surface area contributed by atoms with Crippen molar-refractivity contribution in [1.82, 2.24) is 10.2 Å². The first-order valence-electron chi connectivity index (χ1n) is 14.6. The van der Waals surface area contributed by atoms with Crippen LogP contribution in [0.3, 0.4) is 0 Å². The highest BCUT2D eigenvalue weighted by atomic mass is 32.2. The molecule has 1 aliphatic carbocycles. The van der Waals surface area contributed by atoms with Crippen molar-refractivity contribution in [3.8, 4) is 0 Å². The highest BCUT2D eigenvalue weighted by molar-refractivity contribution is 7.99. The number of alkyl carbamates (subject to hydrolysis) is 1. The highest BCUT2D eigenvalue weighted by Crippen LogP contribution is 2.41. The van der Waals surface area contributed by atoms with E-state index in [1.165, 1.54) is 25.7 Å². The average molecular weight is 568 g/mol. The minimum atomic E-state index is -0.806. The van der Waals surface area contributed by atoms with Gasteiger partial charge in [0.15, 0.2) is 0 Å². The van der Waals surface area contributed by atoms with Crippen LogP contribution in [-0.2, 0) is 16.1 Å². The third kappa shape index (κ3) is 8.72. The molecule has 7 nitrogen and oxygen atoms in total. The Hall–Kier alpha value is -2.55.